The number of unbranched alkanes of at least 4 members (excludes halogenated alkanes) is 1. The summed E-state index contributed by atoms with van der Waals surface area (Å²) in [6.45, 7) is 1.11. The molecule has 30 heavy (non-hydrogen) atoms. The van der Waals surface area contributed by atoms with Crippen LogP contribution >= 0.6 is 0 Å². The van der Waals surface area contributed by atoms with Crippen molar-refractivity contribution in [3.05, 3.63) is 59.7 Å². The van der Waals surface area contributed by atoms with Crippen LogP contribution in [0.25, 0.3) is 0 Å². The quantitative estimate of drug-likeness (QED) is 0.320. The number of nitrogens with zero attached hydrogens (tertiary/aromatic N) is 4. The molecule has 2 aromatic rings. The van der Waals surface area contributed by atoms with Gasteiger partial charge in [-0.3, -0.25) is 0 Å². The molecule has 0 aromatic heterocycles. The molecule has 0 aliphatic carbocycles. The predicted octanol–water partition coefficient (Wildman–Crippen LogP) is 3.67. The normalized spacial score (nSPS) is 11.2. The molecule has 0 radical (unpaired) electrons. The van der Waals surface area contributed by atoms with Gasteiger partial charge in [-0.15, -0.1) is 0 Å². The van der Waals surface area contributed by atoms with E-state index in [1.165, 1.54) is 14.2 Å². The first-order valence-corrected chi connectivity index (χ1v) is 9.20. The zero-order valence-electron chi connectivity index (χ0n) is 16.9. The van der Waals surface area contributed by atoms with Crippen LogP contribution in [0.2, 0.25) is 0 Å². The number of benzene rings is 2. The van der Waals surface area contributed by atoms with Gasteiger partial charge in [0, 0.05) is 11.1 Å². The predicted molar refractivity (Wildman–Crippen MR) is 111 cm³/mol. The smallest absolute Gasteiger partial charge is 0.186 e. The van der Waals surface area contributed by atoms with Crippen molar-refractivity contribution in [3.8, 4) is 23.6 Å². The van der Waals surface area contributed by atoms with E-state index in [2.05, 4.69) is 20.0 Å². The minimum atomic E-state index is 0.212. The van der Waals surface area contributed by atoms with E-state index < -0.39 is 0 Å². The van der Waals surface area contributed by atoms with Crippen molar-refractivity contribution >= 4 is 11.4 Å². The van der Waals surface area contributed by atoms with Crippen molar-refractivity contribution in [2.75, 3.05) is 27.4 Å². The molecule has 0 fully saturated rings. The summed E-state index contributed by atoms with van der Waals surface area (Å²) in [6.07, 6.45) is 1.65. The minimum absolute atomic E-state index is 0.212. The average molecular weight is 406 g/mol. The Hall–Kier alpha value is -4.04. The van der Waals surface area contributed by atoms with Crippen LogP contribution < -0.4 is 9.47 Å². The van der Waals surface area contributed by atoms with Gasteiger partial charge in [0.1, 0.15) is 37.9 Å². The largest absolute Gasteiger partial charge is 0.494 e. The summed E-state index contributed by atoms with van der Waals surface area (Å²) in [5.74, 6) is 1.44. The van der Waals surface area contributed by atoms with E-state index in [-0.39, 0.29) is 11.4 Å². The van der Waals surface area contributed by atoms with Gasteiger partial charge in [0.05, 0.1) is 13.2 Å². The maximum absolute atomic E-state index is 9.03. The lowest BCUT2D eigenvalue weighted by molar-refractivity contribution is 0.214. The molecular formula is C22H22N4O4. The van der Waals surface area contributed by atoms with E-state index >= 15 is 0 Å². The van der Waals surface area contributed by atoms with E-state index in [9.17, 15) is 0 Å². The molecule has 0 aliphatic heterocycles. The van der Waals surface area contributed by atoms with Crippen molar-refractivity contribution < 1.29 is 19.1 Å². The molecule has 0 N–H and O–H groups in total. The number of rotatable bonds is 11. The van der Waals surface area contributed by atoms with E-state index in [1.54, 1.807) is 48.5 Å². The maximum Gasteiger partial charge on any atom is 0.186 e. The van der Waals surface area contributed by atoms with E-state index in [0.717, 1.165) is 24.3 Å². The lowest BCUT2D eigenvalue weighted by atomic mass is 10.1. The highest BCUT2D eigenvalue weighted by molar-refractivity contribution is 6.11. The minimum Gasteiger partial charge on any atom is -0.494 e. The van der Waals surface area contributed by atoms with Gasteiger partial charge in [0.15, 0.2) is 11.4 Å². The first-order valence-electron chi connectivity index (χ1n) is 9.20. The number of hydrogen-bond donors (Lipinski definition) is 0. The zero-order valence-corrected chi connectivity index (χ0v) is 16.9. The molecule has 0 atom stereocenters. The van der Waals surface area contributed by atoms with Crippen LogP contribution in [0.5, 0.6) is 11.5 Å². The second-order valence-electron chi connectivity index (χ2n) is 5.92. The highest BCUT2D eigenvalue weighted by Gasteiger charge is 2.05. The van der Waals surface area contributed by atoms with Gasteiger partial charge in [0.25, 0.3) is 0 Å². The summed E-state index contributed by atoms with van der Waals surface area (Å²) >= 11 is 0. The fourth-order valence-corrected chi connectivity index (χ4v) is 2.46. The van der Waals surface area contributed by atoms with Gasteiger partial charge in [0.2, 0.25) is 0 Å². The van der Waals surface area contributed by atoms with Gasteiger partial charge in [-0.25, -0.2) is 0 Å². The molecular weight excluding hydrogens is 384 g/mol. The second kappa shape index (κ2) is 12.4. The Labute approximate surface area is 175 Å². The molecule has 8 heteroatoms. The van der Waals surface area contributed by atoms with E-state index in [4.69, 9.17) is 20.0 Å². The maximum atomic E-state index is 9.03. The molecule has 8 nitrogen and oxygen atoms in total. The summed E-state index contributed by atoms with van der Waals surface area (Å²) in [5, 5.41) is 25.4. The first-order chi connectivity index (χ1) is 14.7. The lowest BCUT2D eigenvalue weighted by Crippen LogP contribution is -2.03. The Morgan fingerprint density at radius 1 is 0.700 bits per heavy atom. The van der Waals surface area contributed by atoms with Crippen LogP contribution in [-0.4, -0.2) is 38.9 Å². The SMILES string of the molecule is CON=C(C#N)c1ccc(OCCCCOc2ccc(C(C#N)=NOC)cc2)cc1. The Morgan fingerprint density at radius 2 is 1.07 bits per heavy atom. The van der Waals surface area contributed by atoms with Gasteiger partial charge in [-0.1, -0.05) is 10.3 Å². The third kappa shape index (κ3) is 6.84. The van der Waals surface area contributed by atoms with Gasteiger partial charge in [-0.05, 0) is 61.4 Å². The summed E-state index contributed by atoms with van der Waals surface area (Å²) in [6, 6.07) is 18.2. The Balaban J connectivity index is 1.70. The Bertz CT molecular complexity index is 860. The fraction of sp³-hybridized carbons (Fsp3) is 0.273. The van der Waals surface area contributed by atoms with Crippen molar-refractivity contribution in [3.63, 3.8) is 0 Å². The van der Waals surface area contributed by atoms with Crippen molar-refractivity contribution in [1.29, 1.82) is 10.5 Å². The third-order valence-corrected chi connectivity index (χ3v) is 3.91. The highest BCUT2D eigenvalue weighted by Crippen LogP contribution is 2.15. The van der Waals surface area contributed by atoms with E-state index in [0.29, 0.717) is 24.3 Å². The lowest BCUT2D eigenvalue weighted by Gasteiger charge is -2.08. The second-order valence-corrected chi connectivity index (χ2v) is 5.92. The third-order valence-electron chi connectivity index (χ3n) is 3.91. The summed E-state index contributed by atoms with van der Waals surface area (Å²) in [4.78, 5) is 9.29. The first kappa shape index (κ1) is 22.3. The summed E-state index contributed by atoms with van der Waals surface area (Å²) in [5.41, 5.74) is 1.76. The van der Waals surface area contributed by atoms with E-state index in [1.807, 2.05) is 12.1 Å². The molecule has 0 bridgehead atoms. The Morgan fingerprint density at radius 3 is 1.37 bits per heavy atom. The molecule has 0 saturated carbocycles. The molecule has 0 unspecified atom stereocenters. The zero-order chi connectivity index (χ0) is 21.6. The number of hydrogen-bond acceptors (Lipinski definition) is 8. The molecule has 154 valence electrons. The van der Waals surface area contributed by atoms with Crippen LogP contribution in [0.1, 0.15) is 24.0 Å². The Kier molecular flexibility index (Phi) is 9.22. The highest BCUT2D eigenvalue weighted by atomic mass is 16.6. The molecule has 2 aromatic carbocycles. The van der Waals surface area contributed by atoms with Crippen molar-refractivity contribution in [2.24, 2.45) is 10.3 Å². The topological polar surface area (TPSA) is 109 Å². The molecule has 0 amide bonds. The number of ether oxygens (including phenoxy) is 2. The molecule has 0 saturated heterocycles. The summed E-state index contributed by atoms with van der Waals surface area (Å²) < 4.78 is 11.4. The van der Waals surface area contributed by atoms with Crippen molar-refractivity contribution in [2.45, 2.75) is 12.8 Å². The van der Waals surface area contributed by atoms with Crippen LogP contribution in [0.15, 0.2) is 58.8 Å². The van der Waals surface area contributed by atoms with Crippen LogP contribution in [0, 0.1) is 22.7 Å². The standard InChI is InChI=1S/C22H22N4O4/c1-27-25-21(15-23)17-5-9-19(10-6-17)29-13-3-4-14-30-20-11-7-18(8-12-20)22(16-24)26-28-2/h5-12H,3-4,13-14H2,1-2H3. The monoisotopic (exact) mass is 406 g/mol. The molecule has 2 rings (SSSR count). The summed E-state index contributed by atoms with van der Waals surface area (Å²) in [7, 11) is 2.80. The number of nitriles is 2. The fourth-order valence-electron chi connectivity index (χ4n) is 2.46. The van der Waals surface area contributed by atoms with Crippen LogP contribution in [0.4, 0.5) is 0 Å². The van der Waals surface area contributed by atoms with Gasteiger partial charge >= 0.3 is 0 Å². The molecule has 0 heterocycles. The van der Waals surface area contributed by atoms with Crippen molar-refractivity contribution in [1.82, 2.24) is 0 Å². The van der Waals surface area contributed by atoms with Gasteiger partial charge in [-0.2, -0.15) is 10.5 Å². The van der Waals surface area contributed by atoms with Crippen LogP contribution in [-0.2, 0) is 9.68 Å². The van der Waals surface area contributed by atoms with Gasteiger partial charge < -0.3 is 19.1 Å². The average Bonchev–Trinajstić information content (AvgIpc) is 2.79. The van der Waals surface area contributed by atoms with Crippen LogP contribution in [0.3, 0.4) is 0 Å². The molecule has 0 aliphatic rings. The molecule has 0 spiro atoms. The number of oxime groups is 2.